The predicted octanol–water partition coefficient (Wildman–Crippen LogP) is 2.13. The minimum atomic E-state index is 0.257. The molecule has 88 valence electrons. The maximum atomic E-state index is 4.50. The Bertz CT molecular complexity index is 496. The summed E-state index contributed by atoms with van der Waals surface area (Å²) in [5.74, 6) is 0.676. The van der Waals surface area contributed by atoms with Crippen LogP contribution in [0.5, 0.6) is 0 Å². The molecule has 4 heteroatoms. The number of nitrogens with one attached hydrogen (secondary N) is 1. The molecule has 0 aliphatic heterocycles. The van der Waals surface area contributed by atoms with E-state index in [1.807, 2.05) is 38.4 Å². The molecule has 2 aromatic heterocycles. The quantitative estimate of drug-likeness (QED) is 0.874. The lowest BCUT2D eigenvalue weighted by Crippen LogP contribution is -2.15. The molecule has 0 saturated carbocycles. The van der Waals surface area contributed by atoms with Gasteiger partial charge in [0.15, 0.2) is 5.82 Å². The second-order valence-electron chi connectivity index (χ2n) is 3.96. The summed E-state index contributed by atoms with van der Waals surface area (Å²) in [7, 11) is 1.93. The smallest absolute Gasteiger partial charge is 0.178 e. The van der Waals surface area contributed by atoms with E-state index in [0.29, 0.717) is 5.82 Å². The van der Waals surface area contributed by atoms with Crippen LogP contribution in [0.15, 0.2) is 30.6 Å². The summed E-state index contributed by atoms with van der Waals surface area (Å²) in [6.07, 6.45) is 3.62. The van der Waals surface area contributed by atoms with Gasteiger partial charge in [-0.25, -0.2) is 9.97 Å². The fraction of sp³-hybridized carbons (Fsp3) is 0.308. The molecular weight excluding hydrogens is 212 g/mol. The first-order chi connectivity index (χ1) is 8.22. The van der Waals surface area contributed by atoms with Crippen molar-refractivity contribution in [3.05, 3.63) is 41.9 Å². The van der Waals surface area contributed by atoms with Crippen LogP contribution in [0.1, 0.15) is 24.2 Å². The van der Waals surface area contributed by atoms with Gasteiger partial charge in [-0.2, -0.15) is 0 Å². The third kappa shape index (κ3) is 2.47. The van der Waals surface area contributed by atoms with Gasteiger partial charge in [-0.1, -0.05) is 6.07 Å². The summed E-state index contributed by atoms with van der Waals surface area (Å²) in [5, 5.41) is 3.19. The molecule has 2 rings (SSSR count). The van der Waals surface area contributed by atoms with Gasteiger partial charge in [-0.3, -0.25) is 4.98 Å². The van der Waals surface area contributed by atoms with E-state index < -0.39 is 0 Å². The number of hydrogen-bond donors (Lipinski definition) is 1. The van der Waals surface area contributed by atoms with Gasteiger partial charge in [-0.15, -0.1) is 0 Å². The second kappa shape index (κ2) is 5.01. The summed E-state index contributed by atoms with van der Waals surface area (Å²) in [4.78, 5) is 13.1. The van der Waals surface area contributed by atoms with Crippen LogP contribution in [0.3, 0.4) is 0 Å². The Kier molecular flexibility index (Phi) is 3.44. The summed E-state index contributed by atoms with van der Waals surface area (Å²) in [6.45, 7) is 4.09. The van der Waals surface area contributed by atoms with Crippen LogP contribution in [0.25, 0.3) is 11.5 Å². The minimum absolute atomic E-state index is 0.257. The number of rotatable bonds is 3. The molecule has 0 fully saturated rings. The van der Waals surface area contributed by atoms with Crippen LogP contribution in [-0.2, 0) is 0 Å². The van der Waals surface area contributed by atoms with Crippen LogP contribution < -0.4 is 5.32 Å². The van der Waals surface area contributed by atoms with E-state index in [0.717, 1.165) is 17.0 Å². The third-order valence-corrected chi connectivity index (χ3v) is 2.81. The first kappa shape index (κ1) is 11.7. The van der Waals surface area contributed by atoms with Crippen molar-refractivity contribution in [2.45, 2.75) is 19.9 Å². The highest BCUT2D eigenvalue weighted by Crippen LogP contribution is 2.17. The van der Waals surface area contributed by atoms with Crippen molar-refractivity contribution in [3.63, 3.8) is 0 Å². The standard InChI is InChI=1S/C13H16N4/c1-9(14-3)11-8-16-13(17-10(11)2)12-6-4-5-7-15-12/h4-9,14H,1-3H3. The molecule has 0 aliphatic carbocycles. The van der Waals surface area contributed by atoms with E-state index in [1.165, 1.54) is 0 Å². The maximum absolute atomic E-state index is 4.50. The van der Waals surface area contributed by atoms with E-state index in [2.05, 4.69) is 27.2 Å². The Morgan fingerprint density at radius 1 is 1.24 bits per heavy atom. The van der Waals surface area contributed by atoms with Crippen molar-refractivity contribution in [3.8, 4) is 11.5 Å². The summed E-state index contributed by atoms with van der Waals surface area (Å²) < 4.78 is 0. The van der Waals surface area contributed by atoms with Crippen molar-refractivity contribution in [1.82, 2.24) is 20.3 Å². The first-order valence-corrected chi connectivity index (χ1v) is 5.64. The van der Waals surface area contributed by atoms with E-state index in [-0.39, 0.29) is 6.04 Å². The Balaban J connectivity index is 2.38. The molecule has 1 unspecified atom stereocenters. The molecule has 1 atom stereocenters. The second-order valence-corrected chi connectivity index (χ2v) is 3.96. The molecule has 0 aliphatic rings. The monoisotopic (exact) mass is 228 g/mol. The van der Waals surface area contributed by atoms with Crippen molar-refractivity contribution < 1.29 is 0 Å². The third-order valence-electron chi connectivity index (χ3n) is 2.81. The van der Waals surface area contributed by atoms with Gasteiger partial charge in [0.25, 0.3) is 0 Å². The van der Waals surface area contributed by atoms with Crippen molar-refractivity contribution in [1.29, 1.82) is 0 Å². The number of aromatic nitrogens is 3. The lowest BCUT2D eigenvalue weighted by atomic mass is 10.1. The molecule has 1 N–H and O–H groups in total. The van der Waals surface area contributed by atoms with Crippen LogP contribution in [0.4, 0.5) is 0 Å². The summed E-state index contributed by atoms with van der Waals surface area (Å²) in [5.41, 5.74) is 2.91. The van der Waals surface area contributed by atoms with Gasteiger partial charge in [-0.05, 0) is 33.0 Å². The van der Waals surface area contributed by atoms with Crippen LogP contribution in [-0.4, -0.2) is 22.0 Å². The highest BCUT2D eigenvalue weighted by Gasteiger charge is 2.10. The van der Waals surface area contributed by atoms with Gasteiger partial charge >= 0.3 is 0 Å². The molecule has 0 radical (unpaired) electrons. The zero-order valence-corrected chi connectivity index (χ0v) is 10.3. The van der Waals surface area contributed by atoms with Gasteiger partial charge in [0, 0.05) is 29.7 Å². The summed E-state index contributed by atoms with van der Waals surface area (Å²) >= 11 is 0. The SMILES string of the molecule is CNC(C)c1cnc(-c2ccccn2)nc1C. The largest absolute Gasteiger partial charge is 0.313 e. The molecule has 17 heavy (non-hydrogen) atoms. The van der Waals surface area contributed by atoms with Crippen molar-refractivity contribution >= 4 is 0 Å². The number of aryl methyl sites for hydroxylation is 1. The first-order valence-electron chi connectivity index (χ1n) is 5.64. The molecule has 4 nitrogen and oxygen atoms in total. The van der Waals surface area contributed by atoms with E-state index in [4.69, 9.17) is 0 Å². The van der Waals surface area contributed by atoms with Gasteiger partial charge < -0.3 is 5.32 Å². The average molecular weight is 228 g/mol. The zero-order valence-electron chi connectivity index (χ0n) is 10.3. The van der Waals surface area contributed by atoms with E-state index in [9.17, 15) is 0 Å². The fourth-order valence-electron chi connectivity index (χ4n) is 1.68. The van der Waals surface area contributed by atoms with Gasteiger partial charge in [0.05, 0.1) is 0 Å². The highest BCUT2D eigenvalue weighted by atomic mass is 14.9. The van der Waals surface area contributed by atoms with Crippen LogP contribution in [0.2, 0.25) is 0 Å². The molecule has 2 heterocycles. The Labute approximate surface area is 101 Å². The molecule has 0 saturated heterocycles. The molecule has 0 amide bonds. The number of pyridine rings is 1. The number of hydrogen-bond acceptors (Lipinski definition) is 4. The molecule has 0 spiro atoms. The lowest BCUT2D eigenvalue weighted by molar-refractivity contribution is 0.641. The van der Waals surface area contributed by atoms with Crippen molar-refractivity contribution in [2.75, 3.05) is 7.05 Å². The molecule has 0 bridgehead atoms. The van der Waals surface area contributed by atoms with Gasteiger partial charge in [0.2, 0.25) is 0 Å². The van der Waals surface area contributed by atoms with Gasteiger partial charge in [0.1, 0.15) is 5.69 Å². The fourth-order valence-corrected chi connectivity index (χ4v) is 1.68. The van der Waals surface area contributed by atoms with Crippen LogP contribution >= 0.6 is 0 Å². The topological polar surface area (TPSA) is 50.7 Å². The normalized spacial score (nSPS) is 12.4. The van der Waals surface area contributed by atoms with Crippen LogP contribution in [0, 0.1) is 6.92 Å². The van der Waals surface area contributed by atoms with E-state index >= 15 is 0 Å². The lowest BCUT2D eigenvalue weighted by Gasteiger charge is -2.13. The van der Waals surface area contributed by atoms with Crippen molar-refractivity contribution in [2.24, 2.45) is 0 Å². The Morgan fingerprint density at radius 3 is 2.65 bits per heavy atom. The molecule has 2 aromatic rings. The molecular formula is C13H16N4. The summed E-state index contributed by atoms with van der Waals surface area (Å²) in [6, 6.07) is 5.99. The van der Waals surface area contributed by atoms with E-state index in [1.54, 1.807) is 6.20 Å². The Morgan fingerprint density at radius 2 is 2.06 bits per heavy atom. The minimum Gasteiger partial charge on any atom is -0.313 e. The number of nitrogens with zero attached hydrogens (tertiary/aromatic N) is 3. The zero-order chi connectivity index (χ0) is 12.3. The molecule has 0 aromatic carbocycles. The predicted molar refractivity (Wildman–Crippen MR) is 67.5 cm³/mol. The highest BCUT2D eigenvalue weighted by molar-refractivity contribution is 5.48. The average Bonchev–Trinajstić information content (AvgIpc) is 2.39. The Hall–Kier alpha value is -1.81. The maximum Gasteiger partial charge on any atom is 0.178 e.